The number of nitrogens with zero attached hydrogens (tertiary/aromatic N) is 1. The summed E-state index contributed by atoms with van der Waals surface area (Å²) in [7, 11) is 0. The third-order valence-electron chi connectivity index (χ3n) is 2.35. The molecule has 1 aromatic heterocycles. The van der Waals surface area contributed by atoms with Gasteiger partial charge in [0.1, 0.15) is 5.69 Å². The molecule has 17 heavy (non-hydrogen) atoms. The maximum atomic E-state index is 11.7. The molecule has 6 heteroatoms. The quantitative estimate of drug-likeness (QED) is 0.881. The van der Waals surface area contributed by atoms with Gasteiger partial charge in [0.15, 0.2) is 0 Å². The maximum absolute atomic E-state index is 11.7. The van der Waals surface area contributed by atoms with E-state index < -0.39 is 0 Å². The first-order chi connectivity index (χ1) is 8.11. The van der Waals surface area contributed by atoms with E-state index >= 15 is 0 Å². The summed E-state index contributed by atoms with van der Waals surface area (Å²) in [5.74, 6) is 0.501. The first kappa shape index (κ1) is 12.7. The van der Waals surface area contributed by atoms with Gasteiger partial charge < -0.3 is 4.98 Å². The zero-order valence-corrected chi connectivity index (χ0v) is 11.0. The number of rotatable bonds is 3. The minimum atomic E-state index is -0.207. The number of hydrogen-bond acceptors (Lipinski definition) is 2. The SMILES string of the molecule is O=c1[nH]c2cc(Cl)c(Cl)cc2nc1CCCCl. The van der Waals surface area contributed by atoms with Gasteiger partial charge in [0.25, 0.3) is 5.56 Å². The van der Waals surface area contributed by atoms with Crippen molar-refractivity contribution in [3.05, 3.63) is 38.2 Å². The highest BCUT2D eigenvalue weighted by Gasteiger charge is 2.07. The lowest BCUT2D eigenvalue weighted by molar-refractivity contribution is 0.872. The number of halogens is 3. The topological polar surface area (TPSA) is 45.8 Å². The van der Waals surface area contributed by atoms with Crippen LogP contribution in [0, 0.1) is 0 Å². The average molecular weight is 292 g/mol. The van der Waals surface area contributed by atoms with Crippen molar-refractivity contribution in [2.45, 2.75) is 12.8 Å². The van der Waals surface area contributed by atoms with Crippen molar-refractivity contribution in [2.24, 2.45) is 0 Å². The average Bonchev–Trinajstić information content (AvgIpc) is 2.29. The summed E-state index contributed by atoms with van der Waals surface area (Å²) < 4.78 is 0. The molecule has 2 aromatic rings. The van der Waals surface area contributed by atoms with Crippen LogP contribution in [0.1, 0.15) is 12.1 Å². The number of aromatic amines is 1. The number of aromatic nitrogens is 2. The number of benzene rings is 1. The summed E-state index contributed by atoms with van der Waals surface area (Å²) in [5.41, 5.74) is 1.47. The molecule has 0 saturated carbocycles. The predicted molar refractivity (Wildman–Crippen MR) is 71.4 cm³/mol. The minimum Gasteiger partial charge on any atom is -0.319 e. The summed E-state index contributed by atoms with van der Waals surface area (Å²) in [4.78, 5) is 18.7. The van der Waals surface area contributed by atoms with Gasteiger partial charge in [0, 0.05) is 5.88 Å². The molecule has 0 radical (unpaired) electrons. The molecular weight excluding hydrogens is 282 g/mol. The lowest BCUT2D eigenvalue weighted by atomic mass is 10.2. The van der Waals surface area contributed by atoms with E-state index in [2.05, 4.69) is 9.97 Å². The van der Waals surface area contributed by atoms with E-state index in [4.69, 9.17) is 34.8 Å². The van der Waals surface area contributed by atoms with Crippen LogP contribution in [0.15, 0.2) is 16.9 Å². The fraction of sp³-hybridized carbons (Fsp3) is 0.273. The van der Waals surface area contributed by atoms with Crippen molar-refractivity contribution >= 4 is 45.8 Å². The standard InChI is InChI=1S/C11H9Cl3N2O/c12-3-1-2-8-11(17)16-10-5-7(14)6(13)4-9(10)15-8/h4-5H,1-3H2,(H,16,17). The Kier molecular flexibility index (Phi) is 3.92. The Morgan fingerprint density at radius 2 is 1.94 bits per heavy atom. The Labute approximate surface area is 113 Å². The van der Waals surface area contributed by atoms with Gasteiger partial charge in [-0.25, -0.2) is 4.98 Å². The van der Waals surface area contributed by atoms with Crippen LogP contribution in [-0.2, 0) is 6.42 Å². The molecule has 1 aromatic carbocycles. The third kappa shape index (κ3) is 2.73. The van der Waals surface area contributed by atoms with E-state index in [1.165, 1.54) is 0 Å². The number of alkyl halides is 1. The zero-order valence-electron chi connectivity index (χ0n) is 8.77. The molecule has 0 aliphatic heterocycles. The molecule has 0 spiro atoms. The van der Waals surface area contributed by atoms with Crippen molar-refractivity contribution in [1.82, 2.24) is 9.97 Å². The Bertz CT molecular complexity index is 609. The van der Waals surface area contributed by atoms with Gasteiger partial charge in [0.2, 0.25) is 0 Å². The summed E-state index contributed by atoms with van der Waals surface area (Å²) in [6.45, 7) is 0. The molecule has 0 unspecified atom stereocenters. The van der Waals surface area contributed by atoms with Crippen LogP contribution in [0.2, 0.25) is 10.0 Å². The number of nitrogens with one attached hydrogen (secondary N) is 1. The lowest BCUT2D eigenvalue weighted by Gasteiger charge is -2.03. The van der Waals surface area contributed by atoms with Crippen molar-refractivity contribution in [2.75, 3.05) is 5.88 Å². The second kappa shape index (κ2) is 5.25. The number of H-pyrrole nitrogens is 1. The van der Waals surface area contributed by atoms with Gasteiger partial charge in [-0.1, -0.05) is 23.2 Å². The van der Waals surface area contributed by atoms with Crippen LogP contribution >= 0.6 is 34.8 Å². The molecule has 0 fully saturated rings. The molecule has 3 nitrogen and oxygen atoms in total. The second-order valence-corrected chi connectivity index (χ2v) is 4.78. The highest BCUT2D eigenvalue weighted by Crippen LogP contribution is 2.25. The summed E-state index contributed by atoms with van der Waals surface area (Å²) in [5, 5.41) is 0.812. The van der Waals surface area contributed by atoms with Crippen LogP contribution in [0.3, 0.4) is 0 Å². The Morgan fingerprint density at radius 1 is 1.24 bits per heavy atom. The fourth-order valence-electron chi connectivity index (χ4n) is 1.52. The summed E-state index contributed by atoms with van der Waals surface area (Å²) >= 11 is 17.4. The van der Waals surface area contributed by atoms with Crippen molar-refractivity contribution < 1.29 is 0 Å². The van der Waals surface area contributed by atoms with E-state index in [1.807, 2.05) is 0 Å². The molecule has 1 N–H and O–H groups in total. The van der Waals surface area contributed by atoms with Crippen LogP contribution in [0.5, 0.6) is 0 Å². The van der Waals surface area contributed by atoms with Gasteiger partial charge in [-0.05, 0) is 25.0 Å². The van der Waals surface area contributed by atoms with E-state index in [9.17, 15) is 4.79 Å². The van der Waals surface area contributed by atoms with Gasteiger partial charge in [0.05, 0.1) is 21.1 Å². The Hall–Kier alpha value is -0.770. The highest BCUT2D eigenvalue weighted by molar-refractivity contribution is 6.42. The van der Waals surface area contributed by atoms with Crippen molar-refractivity contribution in [1.29, 1.82) is 0 Å². The molecule has 1 heterocycles. The highest BCUT2D eigenvalue weighted by atomic mass is 35.5. The zero-order chi connectivity index (χ0) is 12.4. The molecule has 0 amide bonds. The summed E-state index contributed by atoms with van der Waals surface area (Å²) in [6.07, 6.45) is 1.26. The van der Waals surface area contributed by atoms with E-state index in [1.54, 1.807) is 12.1 Å². The van der Waals surface area contributed by atoms with E-state index in [0.717, 1.165) is 0 Å². The number of aryl methyl sites for hydroxylation is 1. The van der Waals surface area contributed by atoms with E-state index in [-0.39, 0.29) is 5.56 Å². The minimum absolute atomic E-state index is 0.207. The Balaban J connectivity index is 2.55. The Morgan fingerprint density at radius 3 is 2.65 bits per heavy atom. The van der Waals surface area contributed by atoms with Crippen molar-refractivity contribution in [3.63, 3.8) is 0 Å². The first-order valence-corrected chi connectivity index (χ1v) is 6.35. The molecular formula is C11H9Cl3N2O. The molecule has 0 atom stereocenters. The second-order valence-electron chi connectivity index (χ2n) is 3.59. The molecule has 2 rings (SSSR count). The first-order valence-electron chi connectivity index (χ1n) is 5.05. The number of hydrogen-bond donors (Lipinski definition) is 1. The molecule has 0 aliphatic carbocycles. The smallest absolute Gasteiger partial charge is 0.270 e. The molecule has 0 bridgehead atoms. The molecule has 90 valence electrons. The van der Waals surface area contributed by atoms with Crippen LogP contribution in [0.25, 0.3) is 11.0 Å². The van der Waals surface area contributed by atoms with E-state index in [0.29, 0.717) is 45.5 Å². The largest absolute Gasteiger partial charge is 0.319 e. The normalized spacial score (nSPS) is 11.0. The van der Waals surface area contributed by atoms with Crippen LogP contribution < -0.4 is 5.56 Å². The fourth-order valence-corrected chi connectivity index (χ4v) is 1.98. The van der Waals surface area contributed by atoms with Crippen LogP contribution in [0.4, 0.5) is 0 Å². The molecule has 0 saturated heterocycles. The van der Waals surface area contributed by atoms with Gasteiger partial charge in [-0.15, -0.1) is 11.6 Å². The predicted octanol–water partition coefficient (Wildman–Crippen LogP) is 3.40. The maximum Gasteiger partial charge on any atom is 0.270 e. The van der Waals surface area contributed by atoms with Crippen molar-refractivity contribution in [3.8, 4) is 0 Å². The van der Waals surface area contributed by atoms with Gasteiger partial charge in [-0.2, -0.15) is 0 Å². The number of fused-ring (bicyclic) bond motifs is 1. The van der Waals surface area contributed by atoms with Gasteiger partial charge >= 0.3 is 0 Å². The third-order valence-corrected chi connectivity index (χ3v) is 3.34. The van der Waals surface area contributed by atoms with Crippen LogP contribution in [-0.4, -0.2) is 15.8 Å². The van der Waals surface area contributed by atoms with Gasteiger partial charge in [-0.3, -0.25) is 4.79 Å². The molecule has 0 aliphatic rings. The summed E-state index contributed by atoms with van der Waals surface area (Å²) in [6, 6.07) is 3.23. The lowest BCUT2D eigenvalue weighted by Crippen LogP contribution is -2.15. The monoisotopic (exact) mass is 290 g/mol.